The number of nitrogens with zero attached hydrogens (tertiary/aromatic N) is 4. The molecule has 0 aliphatic rings. The third kappa shape index (κ3) is 4.13. The lowest BCUT2D eigenvalue weighted by atomic mass is 10.1. The summed E-state index contributed by atoms with van der Waals surface area (Å²) in [6.07, 6.45) is -4.42. The molecule has 5 rings (SSSR count). The van der Waals surface area contributed by atoms with Crippen LogP contribution in [0.3, 0.4) is 0 Å². The van der Waals surface area contributed by atoms with E-state index < -0.39 is 11.7 Å². The Balaban J connectivity index is 1.54. The molecule has 33 heavy (non-hydrogen) atoms. The van der Waals surface area contributed by atoms with Crippen LogP contribution >= 0.6 is 23.1 Å². The second-order valence-electron chi connectivity index (χ2n) is 7.26. The third-order valence-corrected chi connectivity index (χ3v) is 6.95. The zero-order valence-electron chi connectivity index (χ0n) is 16.7. The van der Waals surface area contributed by atoms with Crippen LogP contribution in [0.15, 0.2) is 69.9 Å². The van der Waals surface area contributed by atoms with E-state index >= 15 is 0 Å². The molecule has 3 aromatic heterocycles. The van der Waals surface area contributed by atoms with E-state index in [0.717, 1.165) is 17.7 Å². The van der Waals surface area contributed by atoms with Gasteiger partial charge in [-0.1, -0.05) is 42.1 Å². The van der Waals surface area contributed by atoms with Crippen LogP contribution in [-0.2, 0) is 18.5 Å². The lowest BCUT2D eigenvalue weighted by Crippen LogP contribution is -2.23. The molecule has 0 bridgehead atoms. The number of halogens is 4. The summed E-state index contributed by atoms with van der Waals surface area (Å²) in [6, 6.07) is 12.8. The highest BCUT2D eigenvalue weighted by molar-refractivity contribution is 7.98. The fourth-order valence-corrected chi connectivity index (χ4v) is 5.20. The lowest BCUT2D eigenvalue weighted by molar-refractivity contribution is -0.137. The van der Waals surface area contributed by atoms with E-state index in [4.69, 9.17) is 0 Å². The van der Waals surface area contributed by atoms with Crippen LogP contribution in [0.2, 0.25) is 0 Å². The topological polar surface area (TPSA) is 52.2 Å². The highest BCUT2D eigenvalue weighted by Gasteiger charge is 2.30. The smallest absolute Gasteiger partial charge is 0.271 e. The summed E-state index contributed by atoms with van der Waals surface area (Å²) in [4.78, 5) is 13.1. The maximum absolute atomic E-state index is 13.3. The molecule has 0 aliphatic carbocycles. The molecule has 5 aromatic rings. The maximum Gasteiger partial charge on any atom is 0.416 e. The molecule has 3 heterocycles. The molecule has 0 aliphatic heterocycles. The van der Waals surface area contributed by atoms with Gasteiger partial charge in [0.1, 0.15) is 10.5 Å². The minimum Gasteiger partial charge on any atom is -0.271 e. The molecule has 0 saturated carbocycles. The van der Waals surface area contributed by atoms with E-state index in [1.54, 1.807) is 34.0 Å². The Kier molecular flexibility index (Phi) is 5.45. The average molecular weight is 491 g/mol. The Labute approximate surface area is 192 Å². The Morgan fingerprint density at radius 2 is 1.79 bits per heavy atom. The number of alkyl halides is 3. The van der Waals surface area contributed by atoms with Crippen LogP contribution in [0, 0.1) is 5.82 Å². The highest BCUT2D eigenvalue weighted by Crippen LogP contribution is 2.31. The van der Waals surface area contributed by atoms with Crippen molar-refractivity contribution in [3.8, 4) is 0 Å². The summed E-state index contributed by atoms with van der Waals surface area (Å²) in [5.74, 6) is 0.176. The molecule has 0 saturated heterocycles. The normalized spacial score (nSPS) is 12.1. The predicted octanol–water partition coefficient (Wildman–Crippen LogP) is 5.60. The molecule has 0 radical (unpaired) electrons. The lowest BCUT2D eigenvalue weighted by Gasteiger charge is -2.10. The van der Waals surface area contributed by atoms with Gasteiger partial charge in [-0.2, -0.15) is 13.2 Å². The SMILES string of the molecule is O=c1c2sccc2n2c(SCc3cccc(C(F)(F)F)c3)nnc2n1Cc1ccc(F)cc1. The van der Waals surface area contributed by atoms with Gasteiger partial charge in [0.15, 0.2) is 5.16 Å². The minimum absolute atomic E-state index is 0.173. The second-order valence-corrected chi connectivity index (χ2v) is 9.12. The minimum atomic E-state index is -4.42. The molecule has 0 amide bonds. The summed E-state index contributed by atoms with van der Waals surface area (Å²) in [6.45, 7) is 0.173. The third-order valence-electron chi connectivity index (χ3n) is 5.06. The summed E-state index contributed by atoms with van der Waals surface area (Å²) >= 11 is 2.51. The average Bonchev–Trinajstić information content (AvgIpc) is 3.43. The number of fused-ring (bicyclic) bond motifs is 3. The first-order valence-corrected chi connectivity index (χ1v) is 11.6. The van der Waals surface area contributed by atoms with Crippen LogP contribution in [0.1, 0.15) is 16.7 Å². The molecule has 2 aromatic carbocycles. The van der Waals surface area contributed by atoms with E-state index in [1.807, 2.05) is 0 Å². The predicted molar refractivity (Wildman–Crippen MR) is 119 cm³/mol. The van der Waals surface area contributed by atoms with Gasteiger partial charge in [-0.25, -0.2) is 4.39 Å². The Hall–Kier alpha value is -3.18. The number of thioether (sulfide) groups is 1. The second kappa shape index (κ2) is 8.31. The molecule has 0 unspecified atom stereocenters. The largest absolute Gasteiger partial charge is 0.416 e. The van der Waals surface area contributed by atoms with Gasteiger partial charge in [0, 0.05) is 5.75 Å². The van der Waals surface area contributed by atoms with E-state index in [2.05, 4.69) is 10.2 Å². The van der Waals surface area contributed by atoms with Gasteiger partial charge >= 0.3 is 6.18 Å². The maximum atomic E-state index is 13.3. The zero-order chi connectivity index (χ0) is 23.2. The molecule has 0 atom stereocenters. The molecule has 0 spiro atoms. The van der Waals surface area contributed by atoms with Gasteiger partial charge < -0.3 is 0 Å². The molecule has 5 nitrogen and oxygen atoms in total. The van der Waals surface area contributed by atoms with Crippen LogP contribution < -0.4 is 5.56 Å². The summed E-state index contributed by atoms with van der Waals surface area (Å²) < 4.78 is 56.1. The Morgan fingerprint density at radius 3 is 2.55 bits per heavy atom. The van der Waals surface area contributed by atoms with Crippen molar-refractivity contribution in [2.45, 2.75) is 23.6 Å². The number of hydrogen-bond acceptors (Lipinski definition) is 5. The summed E-state index contributed by atoms with van der Waals surface area (Å²) in [7, 11) is 0. The van der Waals surface area contributed by atoms with E-state index in [9.17, 15) is 22.4 Å². The monoisotopic (exact) mass is 490 g/mol. The number of benzene rings is 2. The van der Waals surface area contributed by atoms with Gasteiger partial charge in [-0.3, -0.25) is 13.8 Å². The molecule has 11 heteroatoms. The molecule has 168 valence electrons. The summed E-state index contributed by atoms with van der Waals surface area (Å²) in [5, 5.41) is 10.6. The van der Waals surface area contributed by atoms with E-state index in [-0.39, 0.29) is 23.7 Å². The quantitative estimate of drug-likeness (QED) is 0.238. The molecular formula is C22H14F4N4OS2. The molecule has 0 fully saturated rings. The fraction of sp³-hybridized carbons (Fsp3) is 0.136. The summed E-state index contributed by atoms with van der Waals surface area (Å²) in [5.41, 5.74) is 0.899. The van der Waals surface area contributed by atoms with Gasteiger partial charge in [0.25, 0.3) is 5.56 Å². The zero-order valence-corrected chi connectivity index (χ0v) is 18.3. The van der Waals surface area contributed by atoms with Crippen molar-refractivity contribution >= 4 is 39.1 Å². The first kappa shape index (κ1) is 21.7. The van der Waals surface area contributed by atoms with Crippen LogP contribution in [0.4, 0.5) is 17.6 Å². The van der Waals surface area contributed by atoms with Gasteiger partial charge in [-0.05, 0) is 40.8 Å². The number of rotatable bonds is 5. The van der Waals surface area contributed by atoms with E-state index in [0.29, 0.717) is 26.7 Å². The van der Waals surface area contributed by atoms with Crippen LogP contribution in [0.25, 0.3) is 16.0 Å². The van der Waals surface area contributed by atoms with Gasteiger partial charge in [0.2, 0.25) is 5.78 Å². The van der Waals surface area contributed by atoms with Crippen molar-refractivity contribution in [1.82, 2.24) is 19.2 Å². The van der Waals surface area contributed by atoms with Crippen molar-refractivity contribution in [2.75, 3.05) is 0 Å². The number of hydrogen-bond donors (Lipinski definition) is 0. The van der Waals surface area contributed by atoms with Crippen molar-refractivity contribution in [2.24, 2.45) is 0 Å². The first-order valence-electron chi connectivity index (χ1n) is 9.70. The highest BCUT2D eigenvalue weighted by atomic mass is 32.2. The Morgan fingerprint density at radius 1 is 1.00 bits per heavy atom. The van der Waals surface area contributed by atoms with Crippen LogP contribution in [0.5, 0.6) is 0 Å². The van der Waals surface area contributed by atoms with Gasteiger partial charge in [-0.15, -0.1) is 21.5 Å². The fourth-order valence-electron chi connectivity index (χ4n) is 3.49. The Bertz CT molecular complexity index is 1520. The standard InChI is InChI=1S/C22H14F4N4OS2/c23-16-6-4-13(5-7-16)11-29-19(31)18-17(8-9-32-18)30-20(29)27-28-21(30)33-12-14-2-1-3-15(10-14)22(24,25)26/h1-10H,11-12H2. The van der Waals surface area contributed by atoms with Crippen molar-refractivity contribution in [3.63, 3.8) is 0 Å². The number of aromatic nitrogens is 4. The molecule has 0 N–H and O–H groups in total. The van der Waals surface area contributed by atoms with Crippen molar-refractivity contribution in [3.05, 3.63) is 92.8 Å². The van der Waals surface area contributed by atoms with E-state index in [1.165, 1.54) is 45.9 Å². The first-order chi connectivity index (χ1) is 15.8. The molecular weight excluding hydrogens is 476 g/mol. The number of thiophene rings is 1. The van der Waals surface area contributed by atoms with Crippen molar-refractivity contribution < 1.29 is 17.6 Å². The van der Waals surface area contributed by atoms with Crippen molar-refractivity contribution in [1.29, 1.82) is 0 Å². The van der Waals surface area contributed by atoms with Gasteiger partial charge in [0.05, 0.1) is 17.6 Å². The van der Waals surface area contributed by atoms with Crippen LogP contribution in [-0.4, -0.2) is 19.2 Å².